The molecule has 1 heterocycles. The molecule has 3 N–H and O–H groups in total. The molecule has 0 aliphatic heterocycles. The summed E-state index contributed by atoms with van der Waals surface area (Å²) < 4.78 is 5.20. The molecular formula is C10H18ClN3O2S. The van der Waals surface area contributed by atoms with Gasteiger partial charge in [-0.1, -0.05) is 0 Å². The summed E-state index contributed by atoms with van der Waals surface area (Å²) in [5.41, 5.74) is 5.47. The third-order valence-electron chi connectivity index (χ3n) is 2.19. The SMILES string of the molecule is COC(C)(C)CNC(=O)c1csc(CN)n1.Cl. The Morgan fingerprint density at radius 2 is 2.29 bits per heavy atom. The standard InChI is InChI=1S/C10H17N3O2S.ClH/c1-10(2,15-3)6-12-9(14)7-5-16-8(4-11)13-7;/h5H,4,6,11H2,1-3H3,(H,12,14);1H. The molecule has 0 fully saturated rings. The van der Waals surface area contributed by atoms with Crippen molar-refractivity contribution in [1.29, 1.82) is 0 Å². The molecule has 0 aliphatic carbocycles. The fourth-order valence-electron chi connectivity index (χ4n) is 0.965. The van der Waals surface area contributed by atoms with Crippen LogP contribution >= 0.6 is 23.7 Å². The molecule has 0 aliphatic rings. The number of amides is 1. The molecule has 0 saturated heterocycles. The minimum atomic E-state index is -0.373. The topological polar surface area (TPSA) is 77.2 Å². The number of aromatic nitrogens is 1. The summed E-state index contributed by atoms with van der Waals surface area (Å²) in [5, 5.41) is 5.23. The first kappa shape index (κ1) is 16.3. The Morgan fingerprint density at radius 3 is 2.76 bits per heavy atom. The summed E-state index contributed by atoms with van der Waals surface area (Å²) in [5.74, 6) is -0.193. The minimum absolute atomic E-state index is 0. The third kappa shape index (κ3) is 4.99. The van der Waals surface area contributed by atoms with Gasteiger partial charge in [-0.05, 0) is 13.8 Å². The molecular weight excluding hydrogens is 262 g/mol. The Balaban J connectivity index is 0.00000256. The maximum Gasteiger partial charge on any atom is 0.270 e. The zero-order chi connectivity index (χ0) is 12.2. The van der Waals surface area contributed by atoms with Gasteiger partial charge in [0.15, 0.2) is 0 Å². The first-order valence-corrected chi connectivity index (χ1v) is 5.84. The molecule has 1 aromatic heterocycles. The summed E-state index contributed by atoms with van der Waals surface area (Å²) in [6, 6.07) is 0. The monoisotopic (exact) mass is 279 g/mol. The van der Waals surface area contributed by atoms with Crippen LogP contribution in [0.3, 0.4) is 0 Å². The van der Waals surface area contributed by atoms with E-state index in [2.05, 4.69) is 10.3 Å². The molecule has 0 saturated carbocycles. The Kier molecular flexibility index (Phi) is 6.62. The highest BCUT2D eigenvalue weighted by molar-refractivity contribution is 7.09. The van der Waals surface area contributed by atoms with Crippen LogP contribution in [0.2, 0.25) is 0 Å². The highest BCUT2D eigenvalue weighted by atomic mass is 35.5. The molecule has 1 aromatic rings. The zero-order valence-corrected chi connectivity index (χ0v) is 11.8. The van der Waals surface area contributed by atoms with Crippen molar-refractivity contribution in [3.8, 4) is 0 Å². The van der Waals surface area contributed by atoms with Gasteiger partial charge in [0.05, 0.1) is 5.60 Å². The first-order valence-electron chi connectivity index (χ1n) is 4.96. The number of carbonyl (C=O) groups excluding carboxylic acids is 1. The van der Waals surface area contributed by atoms with Crippen LogP contribution < -0.4 is 11.1 Å². The van der Waals surface area contributed by atoms with Gasteiger partial charge in [0.25, 0.3) is 5.91 Å². The van der Waals surface area contributed by atoms with Gasteiger partial charge in [-0.2, -0.15) is 0 Å². The van der Waals surface area contributed by atoms with Crippen LogP contribution in [0.25, 0.3) is 0 Å². The fraction of sp³-hybridized carbons (Fsp3) is 0.600. The fourth-order valence-corrected chi connectivity index (χ4v) is 1.62. The maximum atomic E-state index is 11.7. The largest absolute Gasteiger partial charge is 0.377 e. The molecule has 17 heavy (non-hydrogen) atoms. The van der Waals surface area contributed by atoms with Crippen LogP contribution in [0.4, 0.5) is 0 Å². The Hall–Kier alpha value is -0.690. The first-order chi connectivity index (χ1) is 7.48. The second kappa shape index (κ2) is 6.90. The average molecular weight is 280 g/mol. The summed E-state index contributed by atoms with van der Waals surface area (Å²) in [7, 11) is 1.61. The van der Waals surface area contributed by atoms with E-state index < -0.39 is 0 Å². The van der Waals surface area contributed by atoms with Crippen LogP contribution in [-0.4, -0.2) is 30.1 Å². The van der Waals surface area contributed by atoms with Crippen molar-refractivity contribution in [2.75, 3.05) is 13.7 Å². The zero-order valence-electron chi connectivity index (χ0n) is 10.1. The second-order valence-corrected chi connectivity index (χ2v) is 4.92. The Labute approximate surface area is 111 Å². The molecule has 7 heteroatoms. The van der Waals surface area contributed by atoms with E-state index in [9.17, 15) is 4.79 Å². The predicted octanol–water partition coefficient (Wildman–Crippen LogP) is 1.18. The van der Waals surface area contributed by atoms with E-state index in [-0.39, 0.29) is 23.9 Å². The molecule has 0 radical (unpaired) electrons. The molecule has 0 aromatic carbocycles. The number of nitrogens with one attached hydrogen (secondary N) is 1. The lowest BCUT2D eigenvalue weighted by atomic mass is 10.1. The molecule has 0 bridgehead atoms. The predicted molar refractivity (Wildman–Crippen MR) is 70.7 cm³/mol. The number of methoxy groups -OCH3 is 1. The quantitative estimate of drug-likeness (QED) is 0.848. The number of nitrogens with two attached hydrogens (primary N) is 1. The number of nitrogens with zero attached hydrogens (tertiary/aromatic N) is 1. The van der Waals surface area contributed by atoms with Crippen molar-refractivity contribution in [1.82, 2.24) is 10.3 Å². The summed E-state index contributed by atoms with van der Waals surface area (Å²) in [6.45, 7) is 4.61. The van der Waals surface area contributed by atoms with E-state index in [1.807, 2.05) is 13.8 Å². The smallest absolute Gasteiger partial charge is 0.270 e. The molecule has 0 atom stereocenters. The van der Waals surface area contributed by atoms with Crippen molar-refractivity contribution in [3.63, 3.8) is 0 Å². The molecule has 5 nitrogen and oxygen atoms in total. The average Bonchev–Trinajstić information content (AvgIpc) is 2.74. The lowest BCUT2D eigenvalue weighted by molar-refractivity contribution is 0.0228. The minimum Gasteiger partial charge on any atom is -0.377 e. The van der Waals surface area contributed by atoms with Crippen molar-refractivity contribution in [2.24, 2.45) is 5.73 Å². The van der Waals surface area contributed by atoms with Crippen LogP contribution in [0.15, 0.2) is 5.38 Å². The van der Waals surface area contributed by atoms with Crippen LogP contribution in [0.1, 0.15) is 29.3 Å². The normalized spacial score (nSPS) is 10.8. The van der Waals surface area contributed by atoms with Crippen LogP contribution in [0, 0.1) is 0 Å². The van der Waals surface area contributed by atoms with Crippen LogP contribution in [-0.2, 0) is 11.3 Å². The van der Waals surface area contributed by atoms with E-state index in [4.69, 9.17) is 10.5 Å². The lowest BCUT2D eigenvalue weighted by Crippen LogP contribution is -2.39. The third-order valence-corrected chi connectivity index (χ3v) is 3.06. The van der Waals surface area contributed by atoms with Gasteiger partial charge in [-0.3, -0.25) is 4.79 Å². The highest BCUT2D eigenvalue weighted by Crippen LogP contribution is 2.09. The number of halogens is 1. The number of hydrogen-bond donors (Lipinski definition) is 2. The van der Waals surface area contributed by atoms with Crippen molar-refractivity contribution >= 4 is 29.7 Å². The number of hydrogen-bond acceptors (Lipinski definition) is 5. The molecule has 0 unspecified atom stereocenters. The van der Waals surface area contributed by atoms with E-state index in [1.54, 1.807) is 12.5 Å². The van der Waals surface area contributed by atoms with Gasteiger partial charge in [-0.25, -0.2) is 4.98 Å². The summed E-state index contributed by atoms with van der Waals surface area (Å²) in [6.07, 6.45) is 0. The van der Waals surface area contributed by atoms with Gasteiger partial charge < -0.3 is 15.8 Å². The van der Waals surface area contributed by atoms with E-state index in [0.29, 0.717) is 18.8 Å². The Bertz CT molecular complexity index is 368. The molecule has 98 valence electrons. The Morgan fingerprint density at radius 1 is 1.65 bits per heavy atom. The van der Waals surface area contributed by atoms with Gasteiger partial charge in [0, 0.05) is 25.6 Å². The van der Waals surface area contributed by atoms with Gasteiger partial charge >= 0.3 is 0 Å². The van der Waals surface area contributed by atoms with Gasteiger partial charge in [0.2, 0.25) is 0 Å². The van der Waals surface area contributed by atoms with Crippen LogP contribution in [0.5, 0.6) is 0 Å². The van der Waals surface area contributed by atoms with Gasteiger partial charge in [0.1, 0.15) is 10.7 Å². The van der Waals surface area contributed by atoms with Crippen molar-refractivity contribution in [3.05, 3.63) is 16.1 Å². The number of thiazole rings is 1. The summed E-state index contributed by atoms with van der Waals surface area (Å²) >= 11 is 1.39. The molecule has 1 rings (SSSR count). The van der Waals surface area contributed by atoms with Crippen molar-refractivity contribution in [2.45, 2.75) is 26.0 Å². The lowest BCUT2D eigenvalue weighted by Gasteiger charge is -2.22. The van der Waals surface area contributed by atoms with Crippen molar-refractivity contribution < 1.29 is 9.53 Å². The number of carbonyl (C=O) groups is 1. The van der Waals surface area contributed by atoms with E-state index in [0.717, 1.165) is 5.01 Å². The molecule has 0 spiro atoms. The van der Waals surface area contributed by atoms with Gasteiger partial charge in [-0.15, -0.1) is 23.7 Å². The number of rotatable bonds is 5. The van der Waals surface area contributed by atoms with E-state index in [1.165, 1.54) is 11.3 Å². The maximum absolute atomic E-state index is 11.7. The number of ether oxygens (including phenoxy) is 1. The molecule has 1 amide bonds. The highest BCUT2D eigenvalue weighted by Gasteiger charge is 2.18. The summed E-state index contributed by atoms with van der Waals surface area (Å²) in [4.78, 5) is 15.8. The second-order valence-electron chi connectivity index (χ2n) is 3.98. The van der Waals surface area contributed by atoms with E-state index >= 15 is 0 Å².